The predicted molar refractivity (Wildman–Crippen MR) is 130 cm³/mol. The minimum atomic E-state index is -0.118. The van der Waals surface area contributed by atoms with Crippen molar-refractivity contribution in [1.29, 1.82) is 0 Å². The van der Waals surface area contributed by atoms with Crippen LogP contribution < -0.4 is 10.9 Å². The topological polar surface area (TPSA) is 73.2 Å². The Balaban J connectivity index is 1.83. The summed E-state index contributed by atoms with van der Waals surface area (Å²) in [4.78, 5) is 32.4. The van der Waals surface area contributed by atoms with Crippen LogP contribution in [0.3, 0.4) is 0 Å². The predicted octanol–water partition coefficient (Wildman–Crippen LogP) is 4.85. The van der Waals surface area contributed by atoms with E-state index < -0.39 is 0 Å². The Kier molecular flexibility index (Phi) is 7.91. The van der Waals surface area contributed by atoms with Gasteiger partial charge in [0.15, 0.2) is 5.16 Å². The van der Waals surface area contributed by atoms with Crippen molar-refractivity contribution in [1.82, 2.24) is 9.55 Å². The Morgan fingerprint density at radius 2 is 2.03 bits per heavy atom. The Morgan fingerprint density at radius 1 is 1.26 bits per heavy atom. The largest absolute Gasteiger partial charge is 0.382 e. The highest BCUT2D eigenvalue weighted by atomic mass is 32.2. The maximum atomic E-state index is 13.2. The van der Waals surface area contributed by atoms with Crippen LogP contribution in [0.5, 0.6) is 0 Å². The number of fused-ring (bicyclic) bond motifs is 1. The third-order valence-corrected chi connectivity index (χ3v) is 7.21. The molecule has 0 saturated carbocycles. The van der Waals surface area contributed by atoms with Gasteiger partial charge in [0, 0.05) is 30.3 Å². The lowest BCUT2D eigenvalue weighted by Crippen LogP contribution is -2.25. The molecule has 0 fully saturated rings. The number of amides is 1. The van der Waals surface area contributed by atoms with Crippen LogP contribution in [-0.2, 0) is 16.1 Å². The summed E-state index contributed by atoms with van der Waals surface area (Å²) in [7, 11) is 0. The number of thiophene rings is 1. The molecule has 1 N–H and O–H groups in total. The average molecular weight is 460 g/mol. The van der Waals surface area contributed by atoms with Gasteiger partial charge in [-0.15, -0.1) is 11.3 Å². The first-order chi connectivity index (χ1) is 14.8. The molecule has 1 amide bonds. The Labute approximate surface area is 191 Å². The van der Waals surface area contributed by atoms with E-state index in [2.05, 4.69) is 5.32 Å². The minimum absolute atomic E-state index is 0.0409. The smallest absolute Gasteiger partial charge is 0.263 e. The molecule has 0 spiro atoms. The molecule has 166 valence electrons. The summed E-state index contributed by atoms with van der Waals surface area (Å²) in [5.74, 6) is 0.0626. The molecular weight excluding hydrogens is 430 g/mol. The highest BCUT2D eigenvalue weighted by molar-refractivity contribution is 7.99. The maximum Gasteiger partial charge on any atom is 0.263 e. The van der Waals surface area contributed by atoms with E-state index in [4.69, 9.17) is 9.72 Å². The van der Waals surface area contributed by atoms with Crippen molar-refractivity contribution < 1.29 is 9.53 Å². The van der Waals surface area contributed by atoms with Crippen molar-refractivity contribution in [2.75, 3.05) is 24.3 Å². The van der Waals surface area contributed by atoms with Crippen LogP contribution >= 0.6 is 23.1 Å². The van der Waals surface area contributed by atoms with Gasteiger partial charge in [0.1, 0.15) is 4.83 Å². The average Bonchev–Trinajstić information content (AvgIpc) is 3.01. The molecule has 6 nitrogen and oxygen atoms in total. The summed E-state index contributed by atoms with van der Waals surface area (Å²) in [5.41, 5.74) is 3.86. The number of anilines is 1. The number of hydrogen-bond donors (Lipinski definition) is 1. The molecule has 0 atom stereocenters. The summed E-state index contributed by atoms with van der Waals surface area (Å²) in [5, 5.41) is 4.23. The zero-order valence-electron chi connectivity index (χ0n) is 18.7. The maximum absolute atomic E-state index is 13.2. The number of nitrogens with zero attached hydrogens (tertiary/aromatic N) is 2. The van der Waals surface area contributed by atoms with Gasteiger partial charge in [-0.05, 0) is 63.8 Å². The monoisotopic (exact) mass is 459 g/mol. The van der Waals surface area contributed by atoms with Gasteiger partial charge in [0.25, 0.3) is 5.56 Å². The summed E-state index contributed by atoms with van der Waals surface area (Å²) in [6, 6.07) is 5.97. The first-order valence-electron chi connectivity index (χ1n) is 10.4. The molecule has 2 aromatic heterocycles. The number of nitrogens with one attached hydrogen (secondary N) is 1. The van der Waals surface area contributed by atoms with Gasteiger partial charge >= 0.3 is 0 Å². The van der Waals surface area contributed by atoms with Crippen LogP contribution in [0.4, 0.5) is 5.69 Å². The summed E-state index contributed by atoms with van der Waals surface area (Å²) >= 11 is 2.82. The molecule has 0 saturated heterocycles. The second kappa shape index (κ2) is 10.4. The number of rotatable bonds is 9. The fourth-order valence-corrected chi connectivity index (χ4v) is 5.17. The standard InChI is InChI=1S/C23H29N3O3S2/c1-6-29-11-7-10-26-22(28)20-16(4)17(5)31-21(20)25-23(26)30-13-19(27)24-18-12-14(2)8-9-15(18)3/h8-9,12H,6-7,10-11,13H2,1-5H3,(H,24,27). The van der Waals surface area contributed by atoms with Crippen LogP contribution in [0, 0.1) is 27.7 Å². The van der Waals surface area contributed by atoms with Gasteiger partial charge in [-0.2, -0.15) is 0 Å². The number of ether oxygens (including phenoxy) is 1. The highest BCUT2D eigenvalue weighted by Crippen LogP contribution is 2.28. The summed E-state index contributed by atoms with van der Waals surface area (Å²) < 4.78 is 7.12. The van der Waals surface area contributed by atoms with Crippen molar-refractivity contribution in [3.8, 4) is 0 Å². The fraction of sp³-hybridized carbons (Fsp3) is 0.435. The lowest BCUT2D eigenvalue weighted by atomic mass is 10.1. The minimum Gasteiger partial charge on any atom is -0.382 e. The third kappa shape index (κ3) is 5.56. The van der Waals surface area contributed by atoms with Crippen molar-refractivity contribution >= 4 is 44.9 Å². The van der Waals surface area contributed by atoms with Crippen molar-refractivity contribution in [2.45, 2.75) is 52.7 Å². The molecule has 8 heteroatoms. The molecule has 0 unspecified atom stereocenters. The summed E-state index contributed by atoms with van der Waals surface area (Å²) in [6.45, 7) is 11.6. The van der Waals surface area contributed by atoms with Gasteiger partial charge in [0.05, 0.1) is 11.1 Å². The number of hydrogen-bond acceptors (Lipinski definition) is 6. The zero-order chi connectivity index (χ0) is 22.5. The molecule has 0 aliphatic carbocycles. The lowest BCUT2D eigenvalue weighted by Gasteiger charge is -2.13. The number of thioether (sulfide) groups is 1. The normalized spacial score (nSPS) is 11.3. The molecule has 0 radical (unpaired) electrons. The number of aromatic nitrogens is 2. The first kappa shape index (κ1) is 23.5. The zero-order valence-corrected chi connectivity index (χ0v) is 20.3. The molecule has 0 aliphatic rings. The number of carbonyl (C=O) groups excluding carboxylic acids is 1. The highest BCUT2D eigenvalue weighted by Gasteiger charge is 2.18. The van der Waals surface area contributed by atoms with Crippen LogP contribution in [-0.4, -0.2) is 34.4 Å². The Bertz CT molecular complexity index is 1150. The van der Waals surface area contributed by atoms with Gasteiger partial charge in [-0.1, -0.05) is 23.9 Å². The van der Waals surface area contributed by atoms with E-state index in [0.717, 1.165) is 32.1 Å². The summed E-state index contributed by atoms with van der Waals surface area (Å²) in [6.07, 6.45) is 0.714. The van der Waals surface area contributed by atoms with Gasteiger partial charge in [0.2, 0.25) is 5.91 Å². The van der Waals surface area contributed by atoms with Crippen LogP contribution in [0.25, 0.3) is 10.2 Å². The molecule has 1 aromatic carbocycles. The van der Waals surface area contributed by atoms with Crippen LogP contribution in [0.1, 0.15) is 34.9 Å². The molecule has 3 rings (SSSR count). The third-order valence-electron chi connectivity index (χ3n) is 5.13. The van der Waals surface area contributed by atoms with Crippen LogP contribution in [0.15, 0.2) is 28.2 Å². The second-order valence-corrected chi connectivity index (χ2v) is 9.67. The van der Waals surface area contributed by atoms with Crippen molar-refractivity contribution in [3.63, 3.8) is 0 Å². The van der Waals surface area contributed by atoms with E-state index >= 15 is 0 Å². The Morgan fingerprint density at radius 3 is 2.77 bits per heavy atom. The molecule has 2 heterocycles. The second-order valence-electron chi connectivity index (χ2n) is 7.52. The van der Waals surface area contributed by atoms with E-state index in [9.17, 15) is 9.59 Å². The lowest BCUT2D eigenvalue weighted by molar-refractivity contribution is -0.113. The van der Waals surface area contributed by atoms with E-state index in [0.29, 0.717) is 36.7 Å². The van der Waals surface area contributed by atoms with Gasteiger partial charge in [-0.25, -0.2) is 4.98 Å². The van der Waals surface area contributed by atoms with Gasteiger partial charge in [-0.3, -0.25) is 14.2 Å². The molecule has 0 aliphatic heterocycles. The molecular formula is C23H29N3O3S2. The van der Waals surface area contributed by atoms with Crippen molar-refractivity contribution in [2.24, 2.45) is 0 Å². The molecule has 3 aromatic rings. The van der Waals surface area contributed by atoms with Crippen LogP contribution in [0.2, 0.25) is 0 Å². The number of benzene rings is 1. The number of carbonyl (C=O) groups is 1. The van der Waals surface area contributed by atoms with E-state index in [1.54, 1.807) is 4.57 Å². The quantitative estimate of drug-likeness (QED) is 0.281. The van der Waals surface area contributed by atoms with Crippen molar-refractivity contribution in [3.05, 3.63) is 50.1 Å². The first-order valence-corrected chi connectivity index (χ1v) is 12.2. The number of aryl methyl sites for hydroxylation is 4. The molecule has 31 heavy (non-hydrogen) atoms. The fourth-order valence-electron chi connectivity index (χ4n) is 3.27. The van der Waals surface area contributed by atoms with E-state index in [-0.39, 0.29) is 17.2 Å². The van der Waals surface area contributed by atoms with E-state index in [1.807, 2.05) is 52.8 Å². The Hall–Kier alpha value is -2.16. The van der Waals surface area contributed by atoms with E-state index in [1.165, 1.54) is 23.1 Å². The molecule has 0 bridgehead atoms. The van der Waals surface area contributed by atoms with Gasteiger partial charge < -0.3 is 10.1 Å². The SMILES string of the molecule is CCOCCCn1c(SCC(=O)Nc2cc(C)ccc2C)nc2sc(C)c(C)c2c1=O.